The van der Waals surface area contributed by atoms with Crippen LogP contribution in [-0.4, -0.2) is 18.4 Å². The average Bonchev–Trinajstić information content (AvgIpc) is 2.73. The van der Waals surface area contributed by atoms with Crippen LogP contribution in [0.25, 0.3) is 0 Å². The number of hydrogen-bond donors (Lipinski definition) is 1. The van der Waals surface area contributed by atoms with E-state index in [0.717, 1.165) is 11.3 Å². The van der Waals surface area contributed by atoms with Crippen molar-refractivity contribution in [1.29, 1.82) is 0 Å². The van der Waals surface area contributed by atoms with Gasteiger partial charge in [-0.25, -0.2) is 4.79 Å². The molecule has 0 heterocycles. The summed E-state index contributed by atoms with van der Waals surface area (Å²) in [4.78, 5) is 24.9. The highest BCUT2D eigenvalue weighted by atomic mass is 16.5. The number of nitrogens with one attached hydrogen (secondary N) is 1. The number of rotatable bonds is 7. The topological polar surface area (TPSA) is 55.4 Å². The van der Waals surface area contributed by atoms with Crippen LogP contribution in [0.1, 0.15) is 39.2 Å². The van der Waals surface area contributed by atoms with Gasteiger partial charge in [0.1, 0.15) is 6.04 Å². The largest absolute Gasteiger partial charge is 0.462 e. The van der Waals surface area contributed by atoms with Gasteiger partial charge in [-0.15, -0.1) is 0 Å². The van der Waals surface area contributed by atoms with Crippen molar-refractivity contribution in [2.24, 2.45) is 0 Å². The summed E-state index contributed by atoms with van der Waals surface area (Å²) in [6.45, 7) is 2.11. The summed E-state index contributed by atoms with van der Waals surface area (Å²) in [6, 6.07) is 25.2. The molecule has 27 heavy (non-hydrogen) atoms. The number of ether oxygens (including phenoxy) is 1. The molecule has 3 aromatic carbocycles. The molecule has 1 N–H and O–H groups in total. The van der Waals surface area contributed by atoms with Gasteiger partial charge in [0.2, 0.25) is 0 Å². The lowest BCUT2D eigenvalue weighted by Crippen LogP contribution is -2.21. The molecule has 1 atom stereocenters. The number of benzene rings is 3. The average molecular weight is 359 g/mol. The second kappa shape index (κ2) is 8.81. The Hall–Kier alpha value is -3.40. The Balaban J connectivity index is 1.86. The molecular formula is C23H21NO3. The van der Waals surface area contributed by atoms with Crippen LogP contribution >= 0.6 is 0 Å². The zero-order valence-electron chi connectivity index (χ0n) is 15.1. The Morgan fingerprint density at radius 2 is 1.41 bits per heavy atom. The van der Waals surface area contributed by atoms with Crippen molar-refractivity contribution >= 4 is 17.4 Å². The summed E-state index contributed by atoms with van der Waals surface area (Å²) < 4.78 is 5.00. The molecule has 4 nitrogen and oxygen atoms in total. The smallest absolute Gasteiger partial charge is 0.338 e. The van der Waals surface area contributed by atoms with E-state index in [1.165, 1.54) is 0 Å². The first-order chi connectivity index (χ1) is 13.2. The van der Waals surface area contributed by atoms with Crippen LogP contribution in [0.5, 0.6) is 0 Å². The third-order valence-corrected chi connectivity index (χ3v) is 4.16. The van der Waals surface area contributed by atoms with Crippen molar-refractivity contribution in [3.63, 3.8) is 0 Å². The first-order valence-electron chi connectivity index (χ1n) is 8.87. The second-order valence-corrected chi connectivity index (χ2v) is 6.02. The molecule has 0 spiro atoms. The minimum atomic E-state index is -0.526. The van der Waals surface area contributed by atoms with E-state index in [1.54, 1.807) is 31.2 Å². The number of hydrogen-bond acceptors (Lipinski definition) is 4. The van der Waals surface area contributed by atoms with E-state index in [1.807, 2.05) is 60.7 Å². The second-order valence-electron chi connectivity index (χ2n) is 6.02. The zero-order valence-corrected chi connectivity index (χ0v) is 15.1. The summed E-state index contributed by atoms with van der Waals surface area (Å²) in [7, 11) is 0. The number of carbonyl (C=O) groups is 2. The lowest BCUT2D eigenvalue weighted by molar-refractivity contribution is 0.0526. The van der Waals surface area contributed by atoms with Gasteiger partial charge in [-0.1, -0.05) is 60.7 Å². The monoisotopic (exact) mass is 359 g/mol. The minimum Gasteiger partial charge on any atom is -0.462 e. The van der Waals surface area contributed by atoms with Crippen molar-refractivity contribution in [2.75, 3.05) is 11.9 Å². The molecule has 3 rings (SSSR count). The van der Waals surface area contributed by atoms with Crippen LogP contribution < -0.4 is 5.32 Å². The normalized spacial score (nSPS) is 11.4. The van der Waals surface area contributed by atoms with E-state index in [9.17, 15) is 9.59 Å². The van der Waals surface area contributed by atoms with Gasteiger partial charge in [-0.05, 0) is 36.8 Å². The minimum absolute atomic E-state index is 0.0173. The summed E-state index contributed by atoms with van der Waals surface area (Å²) in [6.07, 6.45) is 0. The van der Waals surface area contributed by atoms with Crippen LogP contribution in [0.15, 0.2) is 84.9 Å². The van der Waals surface area contributed by atoms with Crippen molar-refractivity contribution in [3.8, 4) is 0 Å². The molecule has 0 amide bonds. The maximum absolute atomic E-state index is 13.1. The van der Waals surface area contributed by atoms with E-state index in [4.69, 9.17) is 4.74 Å². The molecule has 4 heteroatoms. The molecule has 0 aliphatic carbocycles. The predicted molar refractivity (Wildman–Crippen MR) is 106 cm³/mol. The fraction of sp³-hybridized carbons (Fsp3) is 0.130. The predicted octanol–water partition coefficient (Wildman–Crippen LogP) is 4.90. The Labute approximate surface area is 158 Å². The molecule has 0 aromatic heterocycles. The third kappa shape index (κ3) is 4.61. The molecule has 3 aromatic rings. The summed E-state index contributed by atoms with van der Waals surface area (Å²) in [5.41, 5.74) is 2.75. The summed E-state index contributed by atoms with van der Waals surface area (Å²) >= 11 is 0. The van der Waals surface area contributed by atoms with Crippen molar-refractivity contribution < 1.29 is 14.3 Å². The zero-order chi connectivity index (χ0) is 19.1. The van der Waals surface area contributed by atoms with Gasteiger partial charge in [0.25, 0.3) is 0 Å². The maximum Gasteiger partial charge on any atom is 0.338 e. The van der Waals surface area contributed by atoms with E-state index in [0.29, 0.717) is 17.7 Å². The van der Waals surface area contributed by atoms with Gasteiger partial charge >= 0.3 is 5.97 Å². The lowest BCUT2D eigenvalue weighted by Gasteiger charge is -2.19. The molecule has 136 valence electrons. The highest BCUT2D eigenvalue weighted by Gasteiger charge is 2.22. The van der Waals surface area contributed by atoms with E-state index in [-0.39, 0.29) is 11.8 Å². The summed E-state index contributed by atoms with van der Waals surface area (Å²) in [5.74, 6) is -0.375. The molecule has 0 saturated carbocycles. The summed E-state index contributed by atoms with van der Waals surface area (Å²) in [5, 5.41) is 3.29. The van der Waals surface area contributed by atoms with Gasteiger partial charge in [-0.2, -0.15) is 0 Å². The fourth-order valence-corrected chi connectivity index (χ4v) is 2.80. The van der Waals surface area contributed by atoms with E-state index < -0.39 is 6.04 Å². The van der Waals surface area contributed by atoms with E-state index >= 15 is 0 Å². The third-order valence-electron chi connectivity index (χ3n) is 4.16. The molecule has 0 fully saturated rings. The Morgan fingerprint density at radius 1 is 0.815 bits per heavy atom. The number of ketones is 1. The van der Waals surface area contributed by atoms with E-state index in [2.05, 4.69) is 5.32 Å². The highest BCUT2D eigenvalue weighted by molar-refractivity contribution is 6.02. The molecule has 0 aliphatic rings. The number of anilines is 1. The van der Waals surface area contributed by atoms with Crippen molar-refractivity contribution in [2.45, 2.75) is 13.0 Å². The molecule has 0 radical (unpaired) electrons. The number of carbonyl (C=O) groups excluding carboxylic acids is 2. The Bertz CT molecular complexity index is 890. The molecule has 0 aliphatic heterocycles. The van der Waals surface area contributed by atoms with Gasteiger partial charge in [-0.3, -0.25) is 4.79 Å². The standard InChI is InChI=1S/C23H21NO3/c1-2-27-23(26)19-13-15-20(16-14-19)24-21(17-9-5-3-6-10-17)22(25)18-11-7-4-8-12-18/h3-16,21,24H,2H2,1H3. The Morgan fingerprint density at radius 3 is 2.00 bits per heavy atom. The number of esters is 1. The lowest BCUT2D eigenvalue weighted by atomic mass is 9.97. The SMILES string of the molecule is CCOC(=O)c1ccc(NC(C(=O)c2ccccc2)c2ccccc2)cc1. The fourth-order valence-electron chi connectivity index (χ4n) is 2.80. The molecular weight excluding hydrogens is 338 g/mol. The highest BCUT2D eigenvalue weighted by Crippen LogP contribution is 2.24. The maximum atomic E-state index is 13.1. The van der Waals surface area contributed by atoms with Crippen LogP contribution in [0, 0.1) is 0 Å². The quantitative estimate of drug-likeness (QED) is 0.481. The van der Waals surface area contributed by atoms with Crippen LogP contribution in [0.4, 0.5) is 5.69 Å². The van der Waals surface area contributed by atoms with Gasteiger partial charge in [0, 0.05) is 11.3 Å². The van der Waals surface area contributed by atoms with Crippen molar-refractivity contribution in [3.05, 3.63) is 102 Å². The van der Waals surface area contributed by atoms with Crippen molar-refractivity contribution in [1.82, 2.24) is 0 Å². The number of Topliss-reactive ketones (excluding diaryl/α,β-unsaturated/α-hetero) is 1. The first-order valence-corrected chi connectivity index (χ1v) is 8.87. The molecule has 0 bridgehead atoms. The molecule has 0 saturated heterocycles. The van der Waals surface area contributed by atoms with Crippen LogP contribution in [0.3, 0.4) is 0 Å². The van der Waals surface area contributed by atoms with Crippen LogP contribution in [0.2, 0.25) is 0 Å². The van der Waals surface area contributed by atoms with Gasteiger partial charge in [0.15, 0.2) is 5.78 Å². The Kier molecular flexibility index (Phi) is 6.00. The molecule has 1 unspecified atom stereocenters. The van der Waals surface area contributed by atoms with Crippen LogP contribution in [-0.2, 0) is 4.74 Å². The van der Waals surface area contributed by atoms with Gasteiger partial charge < -0.3 is 10.1 Å². The van der Waals surface area contributed by atoms with Gasteiger partial charge in [0.05, 0.1) is 12.2 Å². The first kappa shape index (κ1) is 18.4.